The maximum absolute atomic E-state index is 12.8. The van der Waals surface area contributed by atoms with Crippen LogP contribution in [0.15, 0.2) is 81.1 Å². The van der Waals surface area contributed by atoms with E-state index in [4.69, 9.17) is 4.42 Å². The number of carbonyl (C=O) groups excluding carboxylic acids is 1. The average Bonchev–Trinajstić information content (AvgIpc) is 3.30. The van der Waals surface area contributed by atoms with Crippen LogP contribution in [0.3, 0.4) is 0 Å². The van der Waals surface area contributed by atoms with Crippen LogP contribution in [-0.2, 0) is 6.54 Å². The van der Waals surface area contributed by atoms with E-state index in [2.05, 4.69) is 41.5 Å². The Balaban J connectivity index is 1.66. The normalized spacial score (nSPS) is 11.0. The third-order valence-electron chi connectivity index (χ3n) is 4.13. The molecule has 0 aliphatic rings. The molecule has 2 N–H and O–H groups in total. The van der Waals surface area contributed by atoms with Crippen LogP contribution in [0.4, 0.5) is 0 Å². The van der Waals surface area contributed by atoms with Crippen LogP contribution in [-0.4, -0.2) is 10.9 Å². The number of furan rings is 1. The molecular formula is C21H18N2O2S. The highest BCUT2D eigenvalue weighted by atomic mass is 32.2. The number of aryl methyl sites for hydroxylation is 1. The topological polar surface area (TPSA) is 58.0 Å². The van der Waals surface area contributed by atoms with Gasteiger partial charge in [0.1, 0.15) is 11.5 Å². The highest BCUT2D eigenvalue weighted by molar-refractivity contribution is 7.99. The number of nitrogens with one attached hydrogen (secondary N) is 2. The molecule has 0 saturated heterocycles. The summed E-state index contributed by atoms with van der Waals surface area (Å²) in [5.74, 6) is 0.578. The lowest BCUT2D eigenvalue weighted by molar-refractivity contribution is 0.0941. The minimum absolute atomic E-state index is 0.146. The molecule has 2 aromatic heterocycles. The van der Waals surface area contributed by atoms with Crippen molar-refractivity contribution in [1.29, 1.82) is 0 Å². The first-order valence-electron chi connectivity index (χ1n) is 8.36. The molecule has 0 aliphatic carbocycles. The Labute approximate surface area is 155 Å². The lowest BCUT2D eigenvalue weighted by Gasteiger charge is -2.06. The molecular weight excluding hydrogens is 344 g/mol. The molecule has 2 aromatic carbocycles. The highest BCUT2D eigenvalue weighted by Crippen LogP contribution is 2.36. The zero-order chi connectivity index (χ0) is 17.9. The smallest absolute Gasteiger partial charge is 0.269 e. The van der Waals surface area contributed by atoms with Crippen LogP contribution in [0.1, 0.15) is 21.8 Å². The quantitative estimate of drug-likeness (QED) is 0.516. The van der Waals surface area contributed by atoms with Gasteiger partial charge in [0.2, 0.25) is 0 Å². The van der Waals surface area contributed by atoms with Gasteiger partial charge in [-0.1, -0.05) is 47.7 Å². The van der Waals surface area contributed by atoms with Crippen molar-refractivity contribution in [3.8, 4) is 0 Å². The van der Waals surface area contributed by atoms with Crippen LogP contribution >= 0.6 is 11.8 Å². The molecule has 2 heterocycles. The van der Waals surface area contributed by atoms with Crippen LogP contribution in [0.2, 0.25) is 0 Å². The van der Waals surface area contributed by atoms with Crippen LogP contribution in [0.25, 0.3) is 10.9 Å². The highest BCUT2D eigenvalue weighted by Gasteiger charge is 2.18. The van der Waals surface area contributed by atoms with Crippen molar-refractivity contribution in [2.45, 2.75) is 23.3 Å². The second kappa shape index (κ2) is 7.14. The lowest BCUT2D eigenvalue weighted by atomic mass is 10.2. The van der Waals surface area contributed by atoms with Gasteiger partial charge in [0.25, 0.3) is 5.91 Å². The van der Waals surface area contributed by atoms with Gasteiger partial charge in [0.15, 0.2) is 0 Å². The van der Waals surface area contributed by atoms with E-state index in [0.717, 1.165) is 26.5 Å². The van der Waals surface area contributed by atoms with Crippen molar-refractivity contribution < 1.29 is 9.21 Å². The lowest BCUT2D eigenvalue weighted by Crippen LogP contribution is -2.23. The van der Waals surface area contributed by atoms with E-state index in [-0.39, 0.29) is 5.91 Å². The predicted octanol–water partition coefficient (Wildman–Crippen LogP) is 5.15. The van der Waals surface area contributed by atoms with Crippen LogP contribution < -0.4 is 5.32 Å². The average molecular weight is 362 g/mol. The SMILES string of the molecule is Cc1ccc(Sc2c(C(=O)NCc3ccco3)[nH]c3ccccc23)cc1. The minimum Gasteiger partial charge on any atom is -0.467 e. The number of para-hydroxylation sites is 1. The van der Waals surface area contributed by atoms with Crippen molar-refractivity contribution in [2.75, 3.05) is 0 Å². The molecule has 0 saturated carbocycles. The minimum atomic E-state index is -0.146. The van der Waals surface area contributed by atoms with E-state index in [1.807, 2.05) is 36.4 Å². The Kier molecular flexibility index (Phi) is 4.54. The molecule has 4 rings (SSSR count). The van der Waals surface area contributed by atoms with Crippen molar-refractivity contribution in [3.63, 3.8) is 0 Å². The molecule has 1 amide bonds. The second-order valence-corrected chi connectivity index (χ2v) is 7.14. The first-order chi connectivity index (χ1) is 12.7. The van der Waals surface area contributed by atoms with Gasteiger partial charge in [0.05, 0.1) is 17.7 Å². The summed E-state index contributed by atoms with van der Waals surface area (Å²) in [6.45, 7) is 2.42. The number of hydrogen-bond acceptors (Lipinski definition) is 3. The van der Waals surface area contributed by atoms with Crippen LogP contribution in [0.5, 0.6) is 0 Å². The molecule has 0 fully saturated rings. The maximum atomic E-state index is 12.8. The molecule has 0 radical (unpaired) electrons. The van der Waals surface area contributed by atoms with Gasteiger partial charge in [-0.2, -0.15) is 0 Å². The van der Waals surface area contributed by atoms with Crippen molar-refractivity contribution >= 4 is 28.6 Å². The van der Waals surface area contributed by atoms with Crippen LogP contribution in [0, 0.1) is 6.92 Å². The van der Waals surface area contributed by atoms with Crippen molar-refractivity contribution in [3.05, 3.63) is 83.9 Å². The fourth-order valence-electron chi connectivity index (χ4n) is 2.78. The predicted molar refractivity (Wildman–Crippen MR) is 103 cm³/mol. The number of fused-ring (bicyclic) bond motifs is 1. The number of aromatic amines is 1. The zero-order valence-corrected chi connectivity index (χ0v) is 15.1. The number of amides is 1. The van der Waals surface area contributed by atoms with Gasteiger partial charge in [-0.3, -0.25) is 4.79 Å². The van der Waals surface area contributed by atoms with Gasteiger partial charge >= 0.3 is 0 Å². The van der Waals surface area contributed by atoms with E-state index in [0.29, 0.717) is 12.2 Å². The molecule has 4 nitrogen and oxygen atoms in total. The fraction of sp³-hybridized carbons (Fsp3) is 0.0952. The molecule has 4 aromatic rings. The molecule has 0 unspecified atom stereocenters. The number of aromatic nitrogens is 1. The van der Waals surface area contributed by atoms with Gasteiger partial charge in [-0.15, -0.1) is 0 Å². The molecule has 5 heteroatoms. The largest absolute Gasteiger partial charge is 0.467 e. The van der Waals surface area contributed by atoms with Crippen molar-refractivity contribution in [2.24, 2.45) is 0 Å². The van der Waals surface area contributed by atoms with Gasteiger partial charge in [-0.05, 0) is 37.3 Å². The van der Waals surface area contributed by atoms with Gasteiger partial charge in [0, 0.05) is 15.8 Å². The number of H-pyrrole nitrogens is 1. The maximum Gasteiger partial charge on any atom is 0.269 e. The summed E-state index contributed by atoms with van der Waals surface area (Å²) in [7, 11) is 0. The van der Waals surface area contributed by atoms with E-state index >= 15 is 0 Å². The summed E-state index contributed by atoms with van der Waals surface area (Å²) < 4.78 is 5.29. The molecule has 0 atom stereocenters. The summed E-state index contributed by atoms with van der Waals surface area (Å²) in [5.41, 5.74) is 2.73. The Bertz CT molecular complexity index is 1030. The number of rotatable bonds is 5. The number of hydrogen-bond donors (Lipinski definition) is 2. The van der Waals surface area contributed by atoms with E-state index in [1.54, 1.807) is 18.0 Å². The molecule has 130 valence electrons. The number of benzene rings is 2. The Morgan fingerprint density at radius 1 is 1.08 bits per heavy atom. The van der Waals surface area contributed by atoms with Crippen molar-refractivity contribution in [1.82, 2.24) is 10.3 Å². The first kappa shape index (κ1) is 16.5. The fourth-order valence-corrected chi connectivity index (χ4v) is 3.82. The van der Waals surface area contributed by atoms with E-state index in [1.165, 1.54) is 5.56 Å². The van der Waals surface area contributed by atoms with Gasteiger partial charge in [-0.25, -0.2) is 0 Å². The molecule has 0 aliphatic heterocycles. The summed E-state index contributed by atoms with van der Waals surface area (Å²) in [5, 5.41) is 3.96. The summed E-state index contributed by atoms with van der Waals surface area (Å²) >= 11 is 1.60. The van der Waals surface area contributed by atoms with E-state index < -0.39 is 0 Å². The summed E-state index contributed by atoms with van der Waals surface area (Å²) in [6, 6.07) is 19.9. The second-order valence-electron chi connectivity index (χ2n) is 6.05. The summed E-state index contributed by atoms with van der Waals surface area (Å²) in [4.78, 5) is 18.1. The molecule has 26 heavy (non-hydrogen) atoms. The zero-order valence-electron chi connectivity index (χ0n) is 14.3. The van der Waals surface area contributed by atoms with E-state index in [9.17, 15) is 4.79 Å². The summed E-state index contributed by atoms with van der Waals surface area (Å²) in [6.07, 6.45) is 1.60. The molecule has 0 spiro atoms. The monoisotopic (exact) mass is 362 g/mol. The third-order valence-corrected chi connectivity index (χ3v) is 5.27. The Morgan fingerprint density at radius 2 is 1.88 bits per heavy atom. The first-order valence-corrected chi connectivity index (χ1v) is 9.18. The Hall–Kier alpha value is -2.92. The Morgan fingerprint density at radius 3 is 2.65 bits per heavy atom. The third kappa shape index (κ3) is 3.39. The molecule has 0 bridgehead atoms. The number of carbonyl (C=O) groups is 1. The van der Waals surface area contributed by atoms with Gasteiger partial charge < -0.3 is 14.7 Å². The standard InChI is InChI=1S/C21H18N2O2S/c1-14-8-10-16(11-9-14)26-20-17-6-2-3-7-18(17)23-19(20)21(24)22-13-15-5-4-12-25-15/h2-12,23H,13H2,1H3,(H,22,24).